The molecule has 0 saturated heterocycles. The molecule has 1 heteroatoms. The summed E-state index contributed by atoms with van der Waals surface area (Å²) in [5, 5.41) is 7.43. The molecule has 216 valence electrons. The van der Waals surface area contributed by atoms with Gasteiger partial charge in [-0.1, -0.05) is 135 Å². The van der Waals surface area contributed by atoms with E-state index in [1.54, 1.807) is 0 Å². The zero-order valence-electron chi connectivity index (χ0n) is 25.8. The molecule has 10 rings (SSSR count). The van der Waals surface area contributed by atoms with Gasteiger partial charge in [-0.3, -0.25) is 0 Å². The van der Waals surface area contributed by atoms with Gasteiger partial charge in [-0.25, -0.2) is 0 Å². The normalized spacial score (nSPS) is 13.8. The molecule has 0 atom stereocenters. The fraction of sp³-hybridized carbons (Fsp3) is 0.0667. The van der Waals surface area contributed by atoms with E-state index in [0.29, 0.717) is 0 Å². The van der Waals surface area contributed by atoms with E-state index in [1.807, 2.05) is 0 Å². The lowest BCUT2D eigenvalue weighted by atomic mass is 9.81. The van der Waals surface area contributed by atoms with Crippen LogP contribution in [0.25, 0.3) is 76.8 Å². The van der Waals surface area contributed by atoms with Crippen molar-refractivity contribution in [2.24, 2.45) is 0 Å². The molecule has 1 aliphatic heterocycles. The minimum absolute atomic E-state index is 0.0144. The molecule has 0 fully saturated rings. The Balaban J connectivity index is 1.24. The Hall–Kier alpha value is -5.66. The maximum atomic E-state index is 6.47. The highest BCUT2D eigenvalue weighted by Gasteiger charge is 2.35. The van der Waals surface area contributed by atoms with E-state index >= 15 is 0 Å². The monoisotopic (exact) mass is 586 g/mol. The van der Waals surface area contributed by atoms with Crippen molar-refractivity contribution in [3.63, 3.8) is 0 Å². The summed E-state index contributed by atoms with van der Waals surface area (Å²) in [6, 6.07) is 53.5. The summed E-state index contributed by atoms with van der Waals surface area (Å²) in [6.07, 6.45) is 0. The van der Waals surface area contributed by atoms with E-state index in [4.69, 9.17) is 4.74 Å². The van der Waals surface area contributed by atoms with E-state index in [2.05, 4.69) is 159 Å². The van der Waals surface area contributed by atoms with Crippen molar-refractivity contribution in [1.82, 2.24) is 0 Å². The molecule has 1 nitrogen and oxygen atoms in total. The van der Waals surface area contributed by atoms with Gasteiger partial charge in [0, 0.05) is 16.4 Å². The van der Waals surface area contributed by atoms with Crippen LogP contribution in [-0.4, -0.2) is 0 Å². The lowest BCUT2D eigenvalue weighted by Crippen LogP contribution is -2.14. The first-order chi connectivity index (χ1) is 22.6. The molecular weight excluding hydrogens is 556 g/mol. The van der Waals surface area contributed by atoms with Crippen LogP contribution in [0.3, 0.4) is 0 Å². The van der Waals surface area contributed by atoms with Crippen LogP contribution >= 0.6 is 0 Å². The molecule has 0 saturated carbocycles. The van der Waals surface area contributed by atoms with Gasteiger partial charge in [0.25, 0.3) is 0 Å². The smallest absolute Gasteiger partial charge is 0.135 e. The fourth-order valence-corrected chi connectivity index (χ4v) is 8.35. The lowest BCUT2D eigenvalue weighted by molar-refractivity contribution is 0.487. The third-order valence-corrected chi connectivity index (χ3v) is 10.4. The van der Waals surface area contributed by atoms with Gasteiger partial charge in [0.05, 0.1) is 0 Å². The van der Waals surface area contributed by atoms with Crippen molar-refractivity contribution in [1.29, 1.82) is 0 Å². The van der Waals surface area contributed by atoms with Gasteiger partial charge in [-0.2, -0.15) is 0 Å². The number of hydrogen-bond donors (Lipinski definition) is 0. The Bertz CT molecular complexity index is 2520. The Morgan fingerprint density at radius 2 is 0.957 bits per heavy atom. The number of rotatable bonds is 2. The number of hydrogen-bond acceptors (Lipinski definition) is 1. The molecular formula is C45H30O. The van der Waals surface area contributed by atoms with Gasteiger partial charge in [0.2, 0.25) is 0 Å². The highest BCUT2D eigenvalue weighted by atomic mass is 16.5. The van der Waals surface area contributed by atoms with Gasteiger partial charge in [0.15, 0.2) is 0 Å². The second kappa shape index (κ2) is 9.19. The topological polar surface area (TPSA) is 9.23 Å². The number of fused-ring (bicyclic) bond motifs is 7. The first-order valence-electron chi connectivity index (χ1n) is 16.1. The average molecular weight is 587 g/mol. The minimum atomic E-state index is -0.0144. The quantitative estimate of drug-likeness (QED) is 0.183. The Morgan fingerprint density at radius 1 is 0.413 bits per heavy atom. The molecule has 0 aromatic heterocycles. The Morgan fingerprint density at radius 3 is 1.65 bits per heavy atom. The first kappa shape index (κ1) is 25.6. The highest BCUT2D eigenvalue weighted by molar-refractivity contribution is 6.22. The average Bonchev–Trinajstić information content (AvgIpc) is 3.33. The predicted octanol–water partition coefficient (Wildman–Crippen LogP) is 12.6. The Labute approximate surface area is 268 Å². The van der Waals surface area contributed by atoms with Gasteiger partial charge in [-0.05, 0) is 101 Å². The molecule has 0 amide bonds. The third kappa shape index (κ3) is 3.40. The van der Waals surface area contributed by atoms with Gasteiger partial charge in [0.1, 0.15) is 11.5 Å². The first-order valence-corrected chi connectivity index (χ1v) is 16.1. The van der Waals surface area contributed by atoms with E-state index in [9.17, 15) is 0 Å². The summed E-state index contributed by atoms with van der Waals surface area (Å²) in [7, 11) is 0. The molecule has 2 aliphatic rings. The molecule has 0 bridgehead atoms. The van der Waals surface area contributed by atoms with Gasteiger partial charge in [-0.15, -0.1) is 0 Å². The molecule has 0 radical (unpaired) electrons. The third-order valence-electron chi connectivity index (χ3n) is 10.4. The number of benzene rings is 8. The Kier molecular flexibility index (Phi) is 5.12. The lowest BCUT2D eigenvalue weighted by Gasteiger charge is -2.23. The largest absolute Gasteiger partial charge is 0.456 e. The molecule has 0 unspecified atom stereocenters. The maximum absolute atomic E-state index is 6.47. The molecule has 0 N–H and O–H groups in total. The van der Waals surface area contributed by atoms with Crippen LogP contribution < -0.4 is 4.74 Å². The minimum Gasteiger partial charge on any atom is -0.456 e. The van der Waals surface area contributed by atoms with Crippen molar-refractivity contribution >= 4 is 32.3 Å². The van der Waals surface area contributed by atoms with Crippen LogP contribution in [0.15, 0.2) is 146 Å². The molecule has 8 aromatic rings. The summed E-state index contributed by atoms with van der Waals surface area (Å²) < 4.78 is 6.47. The van der Waals surface area contributed by atoms with Crippen LogP contribution in [0, 0.1) is 0 Å². The van der Waals surface area contributed by atoms with Crippen molar-refractivity contribution in [3.8, 4) is 56.0 Å². The summed E-state index contributed by atoms with van der Waals surface area (Å²) in [5.41, 5.74) is 12.9. The predicted molar refractivity (Wildman–Crippen MR) is 193 cm³/mol. The van der Waals surface area contributed by atoms with E-state index < -0.39 is 0 Å². The zero-order valence-corrected chi connectivity index (χ0v) is 25.8. The van der Waals surface area contributed by atoms with Crippen LogP contribution in [0.5, 0.6) is 11.5 Å². The molecule has 46 heavy (non-hydrogen) atoms. The second-order valence-corrected chi connectivity index (χ2v) is 13.2. The van der Waals surface area contributed by atoms with Gasteiger partial charge >= 0.3 is 0 Å². The van der Waals surface area contributed by atoms with Crippen LogP contribution in [-0.2, 0) is 5.41 Å². The van der Waals surface area contributed by atoms with Crippen molar-refractivity contribution in [2.75, 3.05) is 0 Å². The fourth-order valence-electron chi connectivity index (χ4n) is 8.35. The van der Waals surface area contributed by atoms with E-state index in [1.165, 1.54) is 82.4 Å². The summed E-state index contributed by atoms with van der Waals surface area (Å²) in [6.45, 7) is 4.69. The van der Waals surface area contributed by atoms with Crippen molar-refractivity contribution in [2.45, 2.75) is 19.3 Å². The molecule has 8 aromatic carbocycles. The maximum Gasteiger partial charge on any atom is 0.135 e. The van der Waals surface area contributed by atoms with E-state index in [0.717, 1.165) is 17.1 Å². The van der Waals surface area contributed by atoms with Gasteiger partial charge < -0.3 is 4.74 Å². The van der Waals surface area contributed by atoms with Crippen LogP contribution in [0.2, 0.25) is 0 Å². The zero-order chi connectivity index (χ0) is 30.6. The van der Waals surface area contributed by atoms with Crippen LogP contribution in [0.4, 0.5) is 0 Å². The highest BCUT2D eigenvalue weighted by Crippen LogP contribution is 2.52. The molecule has 0 spiro atoms. The van der Waals surface area contributed by atoms with Crippen LogP contribution in [0.1, 0.15) is 25.0 Å². The number of ether oxygens (including phenoxy) is 1. The summed E-state index contributed by atoms with van der Waals surface area (Å²) >= 11 is 0. The summed E-state index contributed by atoms with van der Waals surface area (Å²) in [4.78, 5) is 0. The van der Waals surface area contributed by atoms with Crippen molar-refractivity contribution < 1.29 is 4.74 Å². The van der Waals surface area contributed by atoms with Crippen molar-refractivity contribution in [3.05, 3.63) is 157 Å². The van der Waals surface area contributed by atoms with E-state index in [-0.39, 0.29) is 5.41 Å². The molecule has 1 aliphatic carbocycles. The standard InChI is InChI=1S/C45H30O/c1-45(2)38-19-8-7-13-30(38)36-25-28(21-23-39(36)45)42-31-14-3-5-16-33(31)43(34-17-6-4-15-32(34)42)29-22-24-40-37(26-29)35-18-9-11-27-12-10-20-41(46-40)44(27)35/h3-26H,1-2H3. The second-order valence-electron chi connectivity index (χ2n) is 13.2. The summed E-state index contributed by atoms with van der Waals surface area (Å²) in [5.74, 6) is 1.83. The molecule has 1 heterocycles. The SMILES string of the molecule is CC1(C)c2ccccc2-c2cc(-c3c4ccccc4c(-c4ccc5c(c4)-c4cccc6cccc(c46)O5)c4ccccc34)ccc21.